The molecule has 2 aliphatic rings. The molecule has 3 heteroatoms. The number of rotatable bonds is 5. The van der Waals surface area contributed by atoms with Crippen molar-refractivity contribution in [1.29, 1.82) is 0 Å². The van der Waals surface area contributed by atoms with Gasteiger partial charge in [0.2, 0.25) is 0 Å². The third-order valence-corrected chi connectivity index (χ3v) is 4.26. The quantitative estimate of drug-likeness (QED) is 0.892. The Morgan fingerprint density at radius 2 is 2.20 bits per heavy atom. The smallest absolute Gasteiger partial charge is 0.254 e. The fourth-order valence-electron chi connectivity index (χ4n) is 2.84. The fraction of sp³-hybridized carbons (Fsp3) is 0.588. The SMILES string of the molecule is CC(C)CCN(C(=O)c1ccc2c(c1)CCN2)C1CC1. The predicted octanol–water partition coefficient (Wildman–Crippen LogP) is 3.31. The van der Waals surface area contributed by atoms with E-state index in [4.69, 9.17) is 0 Å². The standard InChI is InChI=1S/C17H24N2O/c1-12(2)8-10-19(15-4-5-15)17(20)14-3-6-16-13(11-14)7-9-18-16/h3,6,11-12,15,18H,4-5,7-10H2,1-2H3. The first-order valence-corrected chi connectivity index (χ1v) is 7.83. The van der Waals surface area contributed by atoms with Crippen LogP contribution < -0.4 is 5.32 Å². The van der Waals surface area contributed by atoms with Crippen LogP contribution in [0.15, 0.2) is 18.2 Å². The molecule has 1 heterocycles. The lowest BCUT2D eigenvalue weighted by Crippen LogP contribution is -2.34. The molecular formula is C17H24N2O. The van der Waals surface area contributed by atoms with E-state index in [1.165, 1.54) is 24.1 Å². The summed E-state index contributed by atoms with van der Waals surface area (Å²) in [6.45, 7) is 6.33. The van der Waals surface area contributed by atoms with Crippen molar-refractivity contribution in [1.82, 2.24) is 4.90 Å². The van der Waals surface area contributed by atoms with Gasteiger partial charge in [0.05, 0.1) is 0 Å². The maximum atomic E-state index is 12.7. The van der Waals surface area contributed by atoms with E-state index in [1.807, 2.05) is 6.07 Å². The maximum Gasteiger partial charge on any atom is 0.254 e. The van der Waals surface area contributed by atoms with Crippen LogP contribution in [0.3, 0.4) is 0 Å². The molecule has 3 nitrogen and oxygen atoms in total. The molecule has 1 aliphatic carbocycles. The third kappa shape index (κ3) is 2.82. The summed E-state index contributed by atoms with van der Waals surface area (Å²) in [5.74, 6) is 0.871. The van der Waals surface area contributed by atoms with Gasteiger partial charge < -0.3 is 10.2 Å². The number of carbonyl (C=O) groups excluding carboxylic acids is 1. The summed E-state index contributed by atoms with van der Waals surface area (Å²) in [6, 6.07) is 6.61. The Morgan fingerprint density at radius 3 is 2.90 bits per heavy atom. The molecule has 0 spiro atoms. The van der Waals surface area contributed by atoms with E-state index in [0.29, 0.717) is 12.0 Å². The number of hydrogen-bond donors (Lipinski definition) is 1. The molecule has 0 unspecified atom stereocenters. The van der Waals surface area contributed by atoms with E-state index in [-0.39, 0.29) is 5.91 Å². The molecule has 1 N–H and O–H groups in total. The largest absolute Gasteiger partial charge is 0.384 e. The summed E-state index contributed by atoms with van der Waals surface area (Å²) in [5, 5.41) is 3.35. The molecule has 1 aromatic carbocycles. The van der Waals surface area contributed by atoms with Crippen molar-refractivity contribution < 1.29 is 4.79 Å². The van der Waals surface area contributed by atoms with Gasteiger partial charge in [0.15, 0.2) is 0 Å². The van der Waals surface area contributed by atoms with Crippen LogP contribution in [-0.4, -0.2) is 29.9 Å². The summed E-state index contributed by atoms with van der Waals surface area (Å²) >= 11 is 0. The molecule has 1 fully saturated rings. The summed E-state index contributed by atoms with van der Waals surface area (Å²) < 4.78 is 0. The first kappa shape index (κ1) is 13.5. The Kier molecular flexibility index (Phi) is 3.68. The Hall–Kier alpha value is -1.51. The molecule has 1 saturated carbocycles. The van der Waals surface area contributed by atoms with Crippen molar-refractivity contribution in [3.05, 3.63) is 29.3 Å². The Labute approximate surface area is 121 Å². The Morgan fingerprint density at radius 1 is 1.40 bits per heavy atom. The van der Waals surface area contributed by atoms with E-state index in [9.17, 15) is 4.79 Å². The molecule has 108 valence electrons. The van der Waals surface area contributed by atoms with Crippen LogP contribution in [0, 0.1) is 5.92 Å². The zero-order chi connectivity index (χ0) is 14.1. The van der Waals surface area contributed by atoms with Crippen LogP contribution >= 0.6 is 0 Å². The highest BCUT2D eigenvalue weighted by molar-refractivity contribution is 5.95. The lowest BCUT2D eigenvalue weighted by atomic mass is 10.1. The van der Waals surface area contributed by atoms with Gasteiger partial charge in [-0.1, -0.05) is 13.8 Å². The molecule has 0 bridgehead atoms. The van der Waals surface area contributed by atoms with Crippen LogP contribution in [0.4, 0.5) is 5.69 Å². The van der Waals surface area contributed by atoms with Crippen molar-refractivity contribution in [3.63, 3.8) is 0 Å². The first-order valence-electron chi connectivity index (χ1n) is 7.83. The van der Waals surface area contributed by atoms with Gasteiger partial charge in [0, 0.05) is 30.4 Å². The second kappa shape index (κ2) is 5.47. The molecule has 0 radical (unpaired) electrons. The van der Waals surface area contributed by atoms with E-state index < -0.39 is 0 Å². The molecule has 1 amide bonds. The van der Waals surface area contributed by atoms with Gasteiger partial charge in [-0.05, 0) is 55.4 Å². The first-order chi connectivity index (χ1) is 9.65. The van der Waals surface area contributed by atoms with Gasteiger partial charge in [-0.15, -0.1) is 0 Å². The minimum absolute atomic E-state index is 0.225. The van der Waals surface area contributed by atoms with Crippen LogP contribution in [0.25, 0.3) is 0 Å². The highest BCUT2D eigenvalue weighted by Gasteiger charge is 2.33. The molecule has 1 aromatic rings. The van der Waals surface area contributed by atoms with Crippen LogP contribution in [0.5, 0.6) is 0 Å². The highest BCUT2D eigenvalue weighted by Crippen LogP contribution is 2.30. The number of hydrogen-bond acceptors (Lipinski definition) is 2. The van der Waals surface area contributed by atoms with E-state index >= 15 is 0 Å². The van der Waals surface area contributed by atoms with Crippen molar-refractivity contribution in [2.75, 3.05) is 18.4 Å². The normalized spacial score (nSPS) is 16.9. The number of nitrogens with zero attached hydrogens (tertiary/aromatic N) is 1. The lowest BCUT2D eigenvalue weighted by molar-refractivity contribution is 0.0735. The van der Waals surface area contributed by atoms with E-state index in [0.717, 1.165) is 31.5 Å². The van der Waals surface area contributed by atoms with Crippen molar-refractivity contribution >= 4 is 11.6 Å². The molecular weight excluding hydrogens is 248 g/mol. The lowest BCUT2D eigenvalue weighted by Gasteiger charge is -2.23. The number of anilines is 1. The summed E-state index contributed by atoms with van der Waals surface area (Å²) in [4.78, 5) is 14.8. The number of amides is 1. The molecule has 0 atom stereocenters. The average molecular weight is 272 g/mol. The Balaban J connectivity index is 1.75. The summed E-state index contributed by atoms with van der Waals surface area (Å²) in [7, 11) is 0. The minimum atomic E-state index is 0.225. The maximum absolute atomic E-state index is 12.7. The number of carbonyl (C=O) groups is 1. The van der Waals surface area contributed by atoms with Crippen LogP contribution in [0.1, 0.15) is 49.0 Å². The number of nitrogens with one attached hydrogen (secondary N) is 1. The van der Waals surface area contributed by atoms with Crippen molar-refractivity contribution in [2.45, 2.75) is 45.6 Å². The average Bonchev–Trinajstić information content (AvgIpc) is 3.15. The van der Waals surface area contributed by atoms with Crippen molar-refractivity contribution in [3.8, 4) is 0 Å². The second-order valence-electron chi connectivity index (χ2n) is 6.46. The molecule has 20 heavy (non-hydrogen) atoms. The highest BCUT2D eigenvalue weighted by atomic mass is 16.2. The second-order valence-corrected chi connectivity index (χ2v) is 6.46. The van der Waals surface area contributed by atoms with Crippen LogP contribution in [0.2, 0.25) is 0 Å². The van der Waals surface area contributed by atoms with Gasteiger partial charge in [-0.25, -0.2) is 0 Å². The van der Waals surface area contributed by atoms with Crippen LogP contribution in [-0.2, 0) is 6.42 Å². The molecule has 1 aliphatic heterocycles. The van der Waals surface area contributed by atoms with Gasteiger partial charge in [-0.3, -0.25) is 4.79 Å². The van der Waals surface area contributed by atoms with Crippen molar-refractivity contribution in [2.24, 2.45) is 5.92 Å². The molecule has 0 aromatic heterocycles. The van der Waals surface area contributed by atoms with Gasteiger partial charge in [0.25, 0.3) is 5.91 Å². The predicted molar refractivity (Wildman–Crippen MR) is 82.1 cm³/mol. The topological polar surface area (TPSA) is 32.3 Å². The molecule has 3 rings (SSSR count). The Bertz CT molecular complexity index is 506. The van der Waals surface area contributed by atoms with E-state index in [1.54, 1.807) is 0 Å². The van der Waals surface area contributed by atoms with Gasteiger partial charge >= 0.3 is 0 Å². The zero-order valence-corrected chi connectivity index (χ0v) is 12.5. The van der Waals surface area contributed by atoms with Gasteiger partial charge in [0.1, 0.15) is 0 Å². The summed E-state index contributed by atoms with van der Waals surface area (Å²) in [6.07, 6.45) is 4.48. The van der Waals surface area contributed by atoms with Gasteiger partial charge in [-0.2, -0.15) is 0 Å². The number of fused-ring (bicyclic) bond motifs is 1. The number of benzene rings is 1. The zero-order valence-electron chi connectivity index (χ0n) is 12.5. The monoisotopic (exact) mass is 272 g/mol. The van der Waals surface area contributed by atoms with E-state index in [2.05, 4.69) is 36.2 Å². The third-order valence-electron chi connectivity index (χ3n) is 4.26. The fourth-order valence-corrected chi connectivity index (χ4v) is 2.84. The minimum Gasteiger partial charge on any atom is -0.384 e. The summed E-state index contributed by atoms with van der Waals surface area (Å²) in [5.41, 5.74) is 3.35. The molecule has 0 saturated heterocycles.